The molecule has 6 heteroatoms. The van der Waals surface area contributed by atoms with Crippen LogP contribution in [0.25, 0.3) is 11.1 Å². The van der Waals surface area contributed by atoms with E-state index in [1.165, 1.54) is 0 Å². The molecule has 3 aromatic carbocycles. The minimum atomic E-state index is -0.745. The third-order valence-corrected chi connectivity index (χ3v) is 9.54. The number of aliphatic carboxylic acids is 1. The lowest BCUT2D eigenvalue weighted by Gasteiger charge is -2.46. The molecule has 1 fully saturated rings. The third kappa shape index (κ3) is 8.05. The highest BCUT2D eigenvalue weighted by molar-refractivity contribution is 6.01. The van der Waals surface area contributed by atoms with Crippen LogP contribution < -0.4 is 10.1 Å². The van der Waals surface area contributed by atoms with Crippen molar-refractivity contribution in [3.05, 3.63) is 90.0 Å². The number of methoxy groups -OCH3 is 1. The number of carbonyl (C=O) groups excluding carboxylic acids is 1. The second-order valence-electron chi connectivity index (χ2n) is 13.1. The van der Waals surface area contributed by atoms with Gasteiger partial charge in [0.15, 0.2) is 0 Å². The van der Waals surface area contributed by atoms with Gasteiger partial charge in [-0.25, -0.2) is 0 Å². The molecule has 0 aromatic heterocycles. The van der Waals surface area contributed by atoms with Crippen molar-refractivity contribution < 1.29 is 19.4 Å². The SMILES string of the molecule is COc1ccc(-c2ccccc2C(=O)NC2CCN(CCCC(CC(=O)O)(c3ccccc3)C(C)C(C)(C)C)CC2)cc1. The number of benzene rings is 3. The summed E-state index contributed by atoms with van der Waals surface area (Å²) in [6, 6.07) is 25.9. The van der Waals surface area contributed by atoms with Gasteiger partial charge in [0, 0.05) is 30.1 Å². The number of nitrogens with zero attached hydrogens (tertiary/aromatic N) is 1. The van der Waals surface area contributed by atoms with E-state index in [2.05, 4.69) is 50.0 Å². The van der Waals surface area contributed by atoms with Crippen molar-refractivity contribution in [1.82, 2.24) is 10.2 Å². The Kier molecular flexibility index (Phi) is 10.7. The van der Waals surface area contributed by atoms with Crippen LogP contribution >= 0.6 is 0 Å². The highest BCUT2D eigenvalue weighted by atomic mass is 16.5. The summed E-state index contributed by atoms with van der Waals surface area (Å²) < 4.78 is 5.29. The second-order valence-corrected chi connectivity index (χ2v) is 13.1. The van der Waals surface area contributed by atoms with E-state index in [-0.39, 0.29) is 29.7 Å². The number of likely N-dealkylation sites (tertiary alicyclic amines) is 1. The Morgan fingerprint density at radius 3 is 2.19 bits per heavy atom. The number of piperidine rings is 1. The molecular formula is C37H48N2O4. The molecule has 0 radical (unpaired) electrons. The molecule has 2 N–H and O–H groups in total. The average Bonchev–Trinajstić information content (AvgIpc) is 3.01. The van der Waals surface area contributed by atoms with Crippen LogP contribution in [0.5, 0.6) is 5.75 Å². The number of hydrogen-bond acceptors (Lipinski definition) is 4. The van der Waals surface area contributed by atoms with Gasteiger partial charge in [0.2, 0.25) is 0 Å². The van der Waals surface area contributed by atoms with Crippen molar-refractivity contribution in [1.29, 1.82) is 0 Å². The largest absolute Gasteiger partial charge is 0.497 e. The zero-order valence-corrected chi connectivity index (χ0v) is 26.4. The molecule has 1 saturated heterocycles. The second kappa shape index (κ2) is 14.2. The number of nitrogens with one attached hydrogen (secondary N) is 1. The van der Waals surface area contributed by atoms with Crippen molar-refractivity contribution in [3.8, 4) is 16.9 Å². The normalized spacial score (nSPS) is 16.7. The van der Waals surface area contributed by atoms with Crippen LogP contribution in [0.4, 0.5) is 0 Å². The molecule has 1 aliphatic heterocycles. The minimum absolute atomic E-state index is 0.0339. The fourth-order valence-electron chi connectivity index (χ4n) is 6.71. The molecule has 0 saturated carbocycles. The van der Waals surface area contributed by atoms with E-state index in [1.807, 2.05) is 66.7 Å². The fourth-order valence-corrected chi connectivity index (χ4v) is 6.71. The summed E-state index contributed by atoms with van der Waals surface area (Å²) in [4.78, 5) is 28.0. The zero-order valence-electron chi connectivity index (χ0n) is 26.4. The molecule has 1 amide bonds. The van der Waals surface area contributed by atoms with Crippen molar-refractivity contribution in [3.63, 3.8) is 0 Å². The van der Waals surface area contributed by atoms with Gasteiger partial charge in [-0.1, -0.05) is 88.4 Å². The van der Waals surface area contributed by atoms with E-state index in [4.69, 9.17) is 4.74 Å². The highest BCUT2D eigenvalue weighted by Gasteiger charge is 2.44. The van der Waals surface area contributed by atoms with Crippen LogP contribution in [-0.4, -0.2) is 54.7 Å². The van der Waals surface area contributed by atoms with Gasteiger partial charge in [-0.15, -0.1) is 0 Å². The maximum Gasteiger partial charge on any atom is 0.304 e. The van der Waals surface area contributed by atoms with Gasteiger partial charge in [-0.2, -0.15) is 0 Å². The molecule has 0 bridgehead atoms. The molecule has 4 rings (SSSR count). The molecule has 6 nitrogen and oxygen atoms in total. The summed E-state index contributed by atoms with van der Waals surface area (Å²) in [7, 11) is 1.65. The number of ether oxygens (including phenoxy) is 1. The molecule has 1 heterocycles. The Morgan fingerprint density at radius 2 is 1.58 bits per heavy atom. The van der Waals surface area contributed by atoms with E-state index in [9.17, 15) is 14.7 Å². The van der Waals surface area contributed by atoms with Crippen molar-refractivity contribution in [2.45, 2.75) is 71.3 Å². The van der Waals surface area contributed by atoms with Gasteiger partial charge < -0.3 is 20.1 Å². The zero-order chi connectivity index (χ0) is 31.0. The highest BCUT2D eigenvalue weighted by Crippen LogP contribution is 2.48. The third-order valence-electron chi connectivity index (χ3n) is 9.54. The predicted molar refractivity (Wildman–Crippen MR) is 174 cm³/mol. The van der Waals surface area contributed by atoms with Gasteiger partial charge in [0.05, 0.1) is 13.5 Å². The molecule has 2 unspecified atom stereocenters. The molecule has 43 heavy (non-hydrogen) atoms. The molecule has 1 aliphatic rings. The number of carboxylic acids is 1. The summed E-state index contributed by atoms with van der Waals surface area (Å²) in [6.45, 7) is 11.6. The summed E-state index contributed by atoms with van der Waals surface area (Å²) in [5.74, 6) is 0.182. The first kappa shape index (κ1) is 32.3. The van der Waals surface area contributed by atoms with E-state index in [0.717, 1.165) is 67.8 Å². The molecule has 0 aliphatic carbocycles. The Morgan fingerprint density at radius 1 is 0.953 bits per heavy atom. The molecule has 3 aromatic rings. The molecule has 2 atom stereocenters. The van der Waals surface area contributed by atoms with Crippen LogP contribution in [0.15, 0.2) is 78.9 Å². The first-order valence-corrected chi connectivity index (χ1v) is 15.6. The van der Waals surface area contributed by atoms with Crippen LogP contribution in [0, 0.1) is 11.3 Å². The van der Waals surface area contributed by atoms with Crippen LogP contribution in [-0.2, 0) is 10.2 Å². The Balaban J connectivity index is 1.36. The lowest BCUT2D eigenvalue weighted by Crippen LogP contribution is -2.46. The van der Waals surface area contributed by atoms with Gasteiger partial charge >= 0.3 is 5.97 Å². The first-order chi connectivity index (χ1) is 20.5. The maximum atomic E-state index is 13.4. The number of hydrogen-bond donors (Lipinski definition) is 2. The fraction of sp³-hybridized carbons (Fsp3) is 0.459. The van der Waals surface area contributed by atoms with E-state index < -0.39 is 11.4 Å². The predicted octanol–water partition coefficient (Wildman–Crippen LogP) is 7.43. The van der Waals surface area contributed by atoms with Crippen molar-refractivity contribution >= 4 is 11.9 Å². The van der Waals surface area contributed by atoms with E-state index in [0.29, 0.717) is 5.56 Å². The van der Waals surface area contributed by atoms with Gasteiger partial charge in [0.25, 0.3) is 5.91 Å². The monoisotopic (exact) mass is 584 g/mol. The van der Waals surface area contributed by atoms with Crippen molar-refractivity contribution in [2.75, 3.05) is 26.7 Å². The standard InChI is InChI=1S/C37H48N2O4/c1-27(36(2,3)4)37(26-34(40)41,29-12-7-6-8-13-29)22-11-23-39-24-20-30(21-25-39)38-35(42)33-15-10-9-14-32(33)28-16-18-31(43-5)19-17-28/h6-10,12-19,27,30H,11,20-26H2,1-5H3,(H,38,42)(H,40,41). The van der Waals surface area contributed by atoms with Crippen LogP contribution in [0.1, 0.15) is 75.7 Å². The number of carbonyl (C=O) groups is 2. The quantitative estimate of drug-likeness (QED) is 0.231. The summed E-state index contributed by atoms with van der Waals surface area (Å²) >= 11 is 0. The van der Waals surface area contributed by atoms with Gasteiger partial charge in [-0.05, 0) is 78.5 Å². The summed E-state index contributed by atoms with van der Waals surface area (Å²) in [5.41, 5.74) is 3.22. The molecular weight excluding hydrogens is 536 g/mol. The van der Waals surface area contributed by atoms with Crippen LogP contribution in [0.3, 0.4) is 0 Å². The van der Waals surface area contributed by atoms with Gasteiger partial charge in [-0.3, -0.25) is 9.59 Å². The van der Waals surface area contributed by atoms with Crippen molar-refractivity contribution in [2.24, 2.45) is 11.3 Å². The summed E-state index contributed by atoms with van der Waals surface area (Å²) in [5, 5.41) is 13.3. The van der Waals surface area contributed by atoms with E-state index in [1.54, 1.807) is 7.11 Å². The smallest absolute Gasteiger partial charge is 0.304 e. The lowest BCUT2D eigenvalue weighted by atomic mass is 9.58. The Labute approximate surface area is 257 Å². The van der Waals surface area contributed by atoms with Gasteiger partial charge in [0.1, 0.15) is 5.75 Å². The number of amides is 1. The first-order valence-electron chi connectivity index (χ1n) is 15.6. The molecule has 230 valence electrons. The maximum absolute atomic E-state index is 13.4. The van der Waals surface area contributed by atoms with Crippen LogP contribution in [0.2, 0.25) is 0 Å². The number of carboxylic acid groups (broad SMARTS) is 1. The summed E-state index contributed by atoms with van der Waals surface area (Å²) in [6.07, 6.45) is 3.67. The topological polar surface area (TPSA) is 78.9 Å². The van der Waals surface area contributed by atoms with E-state index >= 15 is 0 Å². The molecule has 0 spiro atoms. The number of rotatable bonds is 12. The Bertz CT molecular complexity index is 1340. The average molecular weight is 585 g/mol. The Hall–Kier alpha value is -3.64. The minimum Gasteiger partial charge on any atom is -0.497 e. The lowest BCUT2D eigenvalue weighted by molar-refractivity contribution is -0.139.